The van der Waals surface area contributed by atoms with Crippen LogP contribution in [0.1, 0.15) is 21.1 Å². The number of imidazole rings is 1. The molecule has 3 heterocycles. The van der Waals surface area contributed by atoms with Gasteiger partial charge in [-0.15, -0.1) is 11.3 Å². The highest BCUT2D eigenvalue weighted by Gasteiger charge is 2.18. The van der Waals surface area contributed by atoms with Crippen LogP contribution in [0.3, 0.4) is 0 Å². The maximum atomic E-state index is 12.6. The number of amides is 1. The topological polar surface area (TPSA) is 104 Å². The van der Waals surface area contributed by atoms with Gasteiger partial charge < -0.3 is 19.7 Å². The third-order valence-corrected chi connectivity index (χ3v) is 4.90. The van der Waals surface area contributed by atoms with E-state index in [9.17, 15) is 9.59 Å². The van der Waals surface area contributed by atoms with E-state index in [1.165, 1.54) is 11.3 Å². The molecule has 7 nitrogen and oxygen atoms in total. The quantitative estimate of drug-likeness (QED) is 0.524. The predicted molar refractivity (Wildman–Crippen MR) is 96.2 cm³/mol. The summed E-state index contributed by atoms with van der Waals surface area (Å²) in [6, 6.07) is 8.87. The van der Waals surface area contributed by atoms with Gasteiger partial charge in [-0.05, 0) is 44.2 Å². The van der Waals surface area contributed by atoms with E-state index >= 15 is 0 Å². The van der Waals surface area contributed by atoms with Crippen LogP contribution in [0.15, 0.2) is 39.5 Å². The summed E-state index contributed by atoms with van der Waals surface area (Å²) in [5.41, 5.74) is 2.27. The zero-order valence-corrected chi connectivity index (χ0v) is 14.3. The lowest BCUT2D eigenvalue weighted by molar-refractivity contribution is 0.103. The van der Waals surface area contributed by atoms with Gasteiger partial charge in [-0.25, -0.2) is 9.78 Å². The molecule has 0 bridgehead atoms. The van der Waals surface area contributed by atoms with Crippen molar-refractivity contribution in [1.82, 2.24) is 15.0 Å². The molecular formula is C17H14N4O3S. The van der Waals surface area contributed by atoms with Crippen LogP contribution in [0.2, 0.25) is 0 Å². The van der Waals surface area contributed by atoms with Gasteiger partial charge in [-0.3, -0.25) is 4.79 Å². The Morgan fingerprint density at radius 2 is 1.96 bits per heavy atom. The Morgan fingerprint density at radius 1 is 1.16 bits per heavy atom. The van der Waals surface area contributed by atoms with Gasteiger partial charge in [0, 0.05) is 5.69 Å². The summed E-state index contributed by atoms with van der Waals surface area (Å²) in [5.74, 6) is 1.19. The number of H-pyrrole nitrogens is 2. The molecular weight excluding hydrogens is 340 g/mol. The van der Waals surface area contributed by atoms with Crippen molar-refractivity contribution in [2.24, 2.45) is 0 Å². The van der Waals surface area contributed by atoms with Crippen LogP contribution in [0, 0.1) is 13.8 Å². The molecule has 0 aliphatic heterocycles. The molecule has 0 fully saturated rings. The van der Waals surface area contributed by atoms with E-state index in [-0.39, 0.29) is 11.6 Å². The SMILES string of the molecule is Cc1ccc(-c2nc(C)c(C(=O)Nc3ccc4[nH]c(=O)[nH]c4c3)s2)o1. The maximum absolute atomic E-state index is 12.6. The standard InChI is InChI=1S/C17H14N4O3S/c1-8-3-6-13(24-8)16-18-9(2)14(25-16)15(22)19-10-4-5-11-12(7-10)21-17(23)20-11/h3-7H,1-2H3,(H,19,22)(H2,20,21,23). The van der Waals surface area contributed by atoms with Gasteiger partial charge in [0.25, 0.3) is 5.91 Å². The van der Waals surface area contributed by atoms with Crippen molar-refractivity contribution in [3.8, 4) is 10.8 Å². The Balaban J connectivity index is 1.61. The van der Waals surface area contributed by atoms with E-state index in [1.54, 1.807) is 25.1 Å². The average molecular weight is 354 g/mol. The van der Waals surface area contributed by atoms with E-state index in [4.69, 9.17) is 4.42 Å². The molecule has 0 saturated heterocycles. The van der Waals surface area contributed by atoms with Crippen LogP contribution < -0.4 is 11.0 Å². The van der Waals surface area contributed by atoms with Crippen LogP contribution in [-0.4, -0.2) is 20.9 Å². The first-order valence-corrected chi connectivity index (χ1v) is 8.39. The van der Waals surface area contributed by atoms with E-state index in [2.05, 4.69) is 20.3 Å². The largest absolute Gasteiger partial charge is 0.459 e. The van der Waals surface area contributed by atoms with Gasteiger partial charge in [0.2, 0.25) is 0 Å². The lowest BCUT2D eigenvalue weighted by Crippen LogP contribution is -2.11. The molecule has 126 valence electrons. The minimum atomic E-state index is -0.282. The molecule has 4 aromatic rings. The van der Waals surface area contributed by atoms with Gasteiger partial charge >= 0.3 is 5.69 Å². The number of hydrogen-bond donors (Lipinski definition) is 3. The van der Waals surface area contributed by atoms with Gasteiger partial charge in [0.15, 0.2) is 10.8 Å². The third kappa shape index (κ3) is 2.87. The molecule has 0 radical (unpaired) electrons. The highest BCUT2D eigenvalue weighted by atomic mass is 32.1. The minimum absolute atomic E-state index is 0.248. The van der Waals surface area contributed by atoms with E-state index in [0.717, 1.165) is 5.76 Å². The van der Waals surface area contributed by atoms with E-state index in [0.29, 0.717) is 38.1 Å². The Labute approximate surface area is 145 Å². The number of nitrogens with zero attached hydrogens (tertiary/aromatic N) is 1. The van der Waals surface area contributed by atoms with Crippen LogP contribution in [0.5, 0.6) is 0 Å². The Morgan fingerprint density at radius 3 is 2.72 bits per heavy atom. The lowest BCUT2D eigenvalue weighted by atomic mass is 10.2. The molecule has 1 amide bonds. The number of rotatable bonds is 3. The molecule has 3 aromatic heterocycles. The molecule has 0 aliphatic carbocycles. The molecule has 1 aromatic carbocycles. The molecule has 0 spiro atoms. The first-order chi connectivity index (χ1) is 12.0. The summed E-state index contributed by atoms with van der Waals surface area (Å²) in [6.45, 7) is 3.65. The molecule has 0 unspecified atom stereocenters. The number of aromatic amines is 2. The van der Waals surface area contributed by atoms with Gasteiger partial charge in [0.05, 0.1) is 16.7 Å². The van der Waals surface area contributed by atoms with E-state index in [1.807, 2.05) is 19.1 Å². The Hall–Kier alpha value is -3.13. The van der Waals surface area contributed by atoms with Gasteiger partial charge in [0.1, 0.15) is 10.6 Å². The molecule has 25 heavy (non-hydrogen) atoms. The lowest BCUT2D eigenvalue weighted by Gasteiger charge is -2.03. The molecule has 3 N–H and O–H groups in total. The zero-order valence-electron chi connectivity index (χ0n) is 13.5. The van der Waals surface area contributed by atoms with Crippen molar-refractivity contribution in [2.75, 3.05) is 5.32 Å². The fourth-order valence-corrected chi connectivity index (χ4v) is 3.48. The second-order valence-electron chi connectivity index (χ2n) is 5.64. The highest BCUT2D eigenvalue weighted by Crippen LogP contribution is 2.30. The summed E-state index contributed by atoms with van der Waals surface area (Å²) in [6.07, 6.45) is 0. The minimum Gasteiger partial charge on any atom is -0.459 e. The third-order valence-electron chi connectivity index (χ3n) is 3.73. The molecule has 8 heteroatoms. The van der Waals surface area contributed by atoms with Crippen LogP contribution in [-0.2, 0) is 0 Å². The summed E-state index contributed by atoms with van der Waals surface area (Å²) in [5, 5.41) is 3.50. The van der Waals surface area contributed by atoms with Crippen LogP contribution >= 0.6 is 11.3 Å². The highest BCUT2D eigenvalue weighted by molar-refractivity contribution is 7.17. The second-order valence-corrected chi connectivity index (χ2v) is 6.64. The number of carbonyl (C=O) groups is 1. The van der Waals surface area contributed by atoms with Gasteiger partial charge in [-0.1, -0.05) is 0 Å². The summed E-state index contributed by atoms with van der Waals surface area (Å²) in [4.78, 5) is 34.2. The number of hydrogen-bond acceptors (Lipinski definition) is 5. The Bertz CT molecular complexity index is 1150. The number of fused-ring (bicyclic) bond motifs is 1. The number of benzene rings is 1. The summed E-state index contributed by atoms with van der Waals surface area (Å²) in [7, 11) is 0. The fraction of sp³-hybridized carbons (Fsp3) is 0.118. The zero-order chi connectivity index (χ0) is 17.6. The van der Waals surface area contributed by atoms with Crippen LogP contribution in [0.4, 0.5) is 5.69 Å². The number of thiazole rings is 1. The van der Waals surface area contributed by atoms with Crippen molar-refractivity contribution >= 4 is 34.0 Å². The monoisotopic (exact) mass is 354 g/mol. The number of aromatic nitrogens is 3. The molecule has 0 atom stereocenters. The first-order valence-electron chi connectivity index (χ1n) is 7.57. The fourth-order valence-electron chi connectivity index (χ4n) is 2.56. The predicted octanol–water partition coefficient (Wildman–Crippen LogP) is 3.44. The number of nitrogens with one attached hydrogen (secondary N) is 3. The average Bonchev–Trinajstić information content (AvgIpc) is 3.24. The second kappa shape index (κ2) is 5.75. The van der Waals surface area contributed by atoms with Crippen molar-refractivity contribution < 1.29 is 9.21 Å². The van der Waals surface area contributed by atoms with Gasteiger partial charge in [-0.2, -0.15) is 0 Å². The number of carbonyl (C=O) groups excluding carboxylic acids is 1. The maximum Gasteiger partial charge on any atom is 0.323 e. The number of aryl methyl sites for hydroxylation is 2. The van der Waals surface area contributed by atoms with Crippen molar-refractivity contribution in [1.29, 1.82) is 0 Å². The molecule has 0 saturated carbocycles. The smallest absolute Gasteiger partial charge is 0.323 e. The van der Waals surface area contributed by atoms with Crippen molar-refractivity contribution in [2.45, 2.75) is 13.8 Å². The molecule has 4 rings (SSSR count). The number of furan rings is 1. The molecule has 0 aliphatic rings. The summed E-state index contributed by atoms with van der Waals surface area (Å²) < 4.78 is 5.57. The first kappa shape index (κ1) is 15.4. The Kier molecular flexibility index (Phi) is 3.54. The van der Waals surface area contributed by atoms with Crippen LogP contribution in [0.25, 0.3) is 21.8 Å². The van der Waals surface area contributed by atoms with E-state index < -0.39 is 0 Å². The number of anilines is 1. The normalized spacial score (nSPS) is 11.1. The van der Waals surface area contributed by atoms with Crippen molar-refractivity contribution in [3.63, 3.8) is 0 Å². The van der Waals surface area contributed by atoms with Crippen molar-refractivity contribution in [3.05, 3.63) is 57.1 Å². The summed E-state index contributed by atoms with van der Waals surface area (Å²) >= 11 is 1.28.